The Kier molecular flexibility index (Phi) is 6.63. The number of rotatable bonds is 7. The highest BCUT2D eigenvalue weighted by Gasteiger charge is 2.23. The lowest BCUT2D eigenvalue weighted by atomic mass is 9.90. The Morgan fingerprint density at radius 2 is 1.47 bits per heavy atom. The molecule has 5 nitrogen and oxygen atoms in total. The van der Waals surface area contributed by atoms with Gasteiger partial charge in [-0.15, -0.1) is 11.3 Å². The fourth-order valence-electron chi connectivity index (χ4n) is 3.46. The Morgan fingerprint density at radius 1 is 0.812 bits per heavy atom. The molecule has 1 heterocycles. The van der Waals surface area contributed by atoms with Gasteiger partial charge in [-0.05, 0) is 34.7 Å². The molecule has 4 aromatic rings. The minimum absolute atomic E-state index is 0.153. The van der Waals surface area contributed by atoms with Crippen molar-refractivity contribution >= 4 is 34.5 Å². The van der Waals surface area contributed by atoms with E-state index in [2.05, 4.69) is 10.6 Å². The van der Waals surface area contributed by atoms with Crippen LogP contribution in [0.4, 0.5) is 11.4 Å². The maximum absolute atomic E-state index is 13.3. The third-order valence-corrected chi connectivity index (χ3v) is 5.86. The molecule has 6 heteroatoms. The molecule has 3 aromatic carbocycles. The van der Waals surface area contributed by atoms with Gasteiger partial charge >= 0.3 is 0 Å². The highest BCUT2D eigenvalue weighted by atomic mass is 32.1. The second-order valence-electron chi connectivity index (χ2n) is 7.09. The van der Waals surface area contributed by atoms with Crippen LogP contribution in [0.5, 0.6) is 5.75 Å². The topological polar surface area (TPSA) is 67.4 Å². The van der Waals surface area contributed by atoms with Crippen molar-refractivity contribution in [3.8, 4) is 5.75 Å². The largest absolute Gasteiger partial charge is 0.494 e. The summed E-state index contributed by atoms with van der Waals surface area (Å²) in [5.74, 6) is -0.353. The summed E-state index contributed by atoms with van der Waals surface area (Å²) in [6, 6.07) is 28.1. The molecule has 0 saturated carbocycles. The van der Waals surface area contributed by atoms with Crippen molar-refractivity contribution in [2.24, 2.45) is 0 Å². The molecule has 2 N–H and O–H groups in total. The number of hydrogen-bond acceptors (Lipinski definition) is 4. The molecule has 0 radical (unpaired) electrons. The second kappa shape index (κ2) is 9.94. The van der Waals surface area contributed by atoms with Gasteiger partial charge < -0.3 is 15.4 Å². The number of hydrogen-bond donors (Lipinski definition) is 2. The van der Waals surface area contributed by atoms with Gasteiger partial charge in [-0.25, -0.2) is 0 Å². The van der Waals surface area contributed by atoms with Crippen LogP contribution in [0.2, 0.25) is 0 Å². The van der Waals surface area contributed by atoms with Crippen LogP contribution in [0.25, 0.3) is 0 Å². The van der Waals surface area contributed by atoms with Gasteiger partial charge in [0.05, 0.1) is 23.6 Å². The molecule has 0 saturated heterocycles. The monoisotopic (exact) mass is 442 g/mol. The van der Waals surface area contributed by atoms with Gasteiger partial charge in [0.2, 0.25) is 5.91 Å². The average Bonchev–Trinajstić information content (AvgIpc) is 3.37. The second-order valence-corrected chi connectivity index (χ2v) is 8.04. The van der Waals surface area contributed by atoms with Crippen molar-refractivity contribution < 1.29 is 14.3 Å². The van der Waals surface area contributed by atoms with Gasteiger partial charge in [0.25, 0.3) is 5.91 Å². The van der Waals surface area contributed by atoms with E-state index in [1.165, 1.54) is 18.4 Å². The molecule has 32 heavy (non-hydrogen) atoms. The number of benzene rings is 3. The van der Waals surface area contributed by atoms with Crippen LogP contribution in [0.15, 0.2) is 96.4 Å². The Labute approximate surface area is 190 Å². The van der Waals surface area contributed by atoms with Crippen LogP contribution in [0.1, 0.15) is 26.7 Å². The minimum Gasteiger partial charge on any atom is -0.494 e. The summed E-state index contributed by atoms with van der Waals surface area (Å²) in [5, 5.41) is 7.69. The molecule has 0 unspecified atom stereocenters. The van der Waals surface area contributed by atoms with E-state index in [1.807, 2.05) is 72.1 Å². The molecule has 0 fully saturated rings. The highest BCUT2D eigenvalue weighted by molar-refractivity contribution is 7.12. The number of thiophene rings is 1. The van der Waals surface area contributed by atoms with Crippen LogP contribution >= 0.6 is 11.3 Å². The van der Waals surface area contributed by atoms with Crippen molar-refractivity contribution in [3.05, 3.63) is 112 Å². The van der Waals surface area contributed by atoms with Gasteiger partial charge in [-0.2, -0.15) is 0 Å². The van der Waals surface area contributed by atoms with E-state index >= 15 is 0 Å². The van der Waals surface area contributed by atoms with Crippen LogP contribution in [-0.4, -0.2) is 18.9 Å². The van der Waals surface area contributed by atoms with Gasteiger partial charge in [0.15, 0.2) is 0 Å². The fraction of sp³-hybridized carbons (Fsp3) is 0.0769. The number of methoxy groups -OCH3 is 1. The third kappa shape index (κ3) is 4.87. The first-order valence-electron chi connectivity index (χ1n) is 10.1. The standard InChI is InChI=1S/C26H22N2O3S/c1-31-22-17-20(14-15-21(22)28-25(29)23-13-8-16-32-23)27-26(30)24(18-9-4-2-5-10-18)19-11-6-3-7-12-19/h2-17,24H,1H3,(H,27,30)(H,28,29). The zero-order valence-corrected chi connectivity index (χ0v) is 18.3. The maximum atomic E-state index is 13.3. The number of ether oxygens (including phenoxy) is 1. The Balaban J connectivity index is 1.57. The lowest BCUT2D eigenvalue weighted by molar-refractivity contribution is -0.116. The summed E-state index contributed by atoms with van der Waals surface area (Å²) < 4.78 is 5.45. The molecule has 0 spiro atoms. The molecular weight excluding hydrogens is 420 g/mol. The van der Waals surface area contributed by atoms with Crippen molar-refractivity contribution in [3.63, 3.8) is 0 Å². The van der Waals surface area contributed by atoms with Gasteiger partial charge in [-0.1, -0.05) is 66.7 Å². The predicted octanol–water partition coefficient (Wildman–Crippen LogP) is 5.78. The minimum atomic E-state index is -0.457. The van der Waals surface area contributed by atoms with Crippen LogP contribution < -0.4 is 15.4 Å². The normalized spacial score (nSPS) is 10.6. The van der Waals surface area contributed by atoms with E-state index in [4.69, 9.17) is 4.74 Å². The lowest BCUT2D eigenvalue weighted by Crippen LogP contribution is -2.22. The third-order valence-electron chi connectivity index (χ3n) is 4.99. The van der Waals surface area contributed by atoms with E-state index in [9.17, 15) is 9.59 Å². The zero-order valence-electron chi connectivity index (χ0n) is 17.4. The molecule has 160 valence electrons. The van der Waals surface area contributed by atoms with E-state index in [-0.39, 0.29) is 11.8 Å². The number of carbonyl (C=O) groups is 2. The summed E-state index contributed by atoms with van der Waals surface area (Å²) in [4.78, 5) is 26.3. The maximum Gasteiger partial charge on any atom is 0.265 e. The number of amides is 2. The SMILES string of the molecule is COc1cc(NC(=O)C(c2ccccc2)c2ccccc2)ccc1NC(=O)c1cccs1. The van der Waals surface area contributed by atoms with E-state index in [0.29, 0.717) is 22.0 Å². The van der Waals surface area contributed by atoms with E-state index < -0.39 is 5.92 Å². The molecule has 0 atom stereocenters. The summed E-state index contributed by atoms with van der Waals surface area (Å²) >= 11 is 1.36. The zero-order chi connectivity index (χ0) is 22.3. The Hall–Kier alpha value is -3.90. The number of anilines is 2. The smallest absolute Gasteiger partial charge is 0.265 e. The van der Waals surface area contributed by atoms with Gasteiger partial charge in [0.1, 0.15) is 5.75 Å². The quantitative estimate of drug-likeness (QED) is 0.381. The van der Waals surface area contributed by atoms with Crippen molar-refractivity contribution in [1.29, 1.82) is 0 Å². The van der Waals surface area contributed by atoms with Crippen molar-refractivity contribution in [2.45, 2.75) is 5.92 Å². The number of nitrogens with one attached hydrogen (secondary N) is 2. The van der Waals surface area contributed by atoms with Crippen LogP contribution in [-0.2, 0) is 4.79 Å². The van der Waals surface area contributed by atoms with Crippen LogP contribution in [0, 0.1) is 0 Å². The first-order valence-corrected chi connectivity index (χ1v) is 11.0. The van der Waals surface area contributed by atoms with E-state index in [1.54, 1.807) is 24.3 Å². The molecule has 4 rings (SSSR count). The average molecular weight is 443 g/mol. The Bertz CT molecular complexity index is 1150. The predicted molar refractivity (Wildman–Crippen MR) is 129 cm³/mol. The molecule has 0 aliphatic heterocycles. The summed E-state index contributed by atoms with van der Waals surface area (Å²) in [6.45, 7) is 0. The summed E-state index contributed by atoms with van der Waals surface area (Å²) in [6.07, 6.45) is 0. The molecule has 0 aliphatic rings. The lowest BCUT2D eigenvalue weighted by Gasteiger charge is -2.19. The summed E-state index contributed by atoms with van der Waals surface area (Å²) in [5.41, 5.74) is 2.93. The van der Waals surface area contributed by atoms with E-state index in [0.717, 1.165) is 11.1 Å². The first-order chi connectivity index (χ1) is 15.7. The number of carbonyl (C=O) groups excluding carboxylic acids is 2. The molecule has 2 amide bonds. The summed E-state index contributed by atoms with van der Waals surface area (Å²) in [7, 11) is 1.53. The molecular formula is C26H22N2O3S. The molecule has 0 bridgehead atoms. The van der Waals surface area contributed by atoms with Gasteiger partial charge in [0, 0.05) is 11.8 Å². The highest BCUT2D eigenvalue weighted by Crippen LogP contribution is 2.31. The Morgan fingerprint density at radius 3 is 2.03 bits per heavy atom. The van der Waals surface area contributed by atoms with Crippen LogP contribution in [0.3, 0.4) is 0 Å². The first kappa shape index (κ1) is 21.3. The molecule has 0 aliphatic carbocycles. The van der Waals surface area contributed by atoms with Gasteiger partial charge in [-0.3, -0.25) is 9.59 Å². The van der Waals surface area contributed by atoms with Crippen molar-refractivity contribution in [2.75, 3.05) is 17.7 Å². The fourth-order valence-corrected chi connectivity index (χ4v) is 4.08. The molecule has 1 aromatic heterocycles. The van der Waals surface area contributed by atoms with Crippen molar-refractivity contribution in [1.82, 2.24) is 0 Å².